The van der Waals surface area contributed by atoms with Gasteiger partial charge in [-0.25, -0.2) is 14.5 Å². The molecular formula is C65H85N9O10. The van der Waals surface area contributed by atoms with Crippen LogP contribution in [0.15, 0.2) is 102 Å². The number of piperidine rings is 2. The molecule has 4 aromatic carbocycles. The summed E-state index contributed by atoms with van der Waals surface area (Å²) in [7, 11) is 0. The largest absolute Gasteiger partial charge is 0.508 e. The first kappa shape index (κ1) is 62.4. The van der Waals surface area contributed by atoms with Gasteiger partial charge >= 0.3 is 5.69 Å². The highest BCUT2D eigenvalue weighted by Crippen LogP contribution is 2.38. The third kappa shape index (κ3) is 16.4. The van der Waals surface area contributed by atoms with Gasteiger partial charge in [-0.3, -0.25) is 33.7 Å². The molecule has 0 aliphatic carbocycles. The number of hydrogen-bond acceptors (Lipinski definition) is 12. The Morgan fingerprint density at radius 3 is 1.70 bits per heavy atom. The SMILES string of the molecule is CC(C)C[C@H](NC(=O)[C@H](CCc1ccccc1)NC(=O)C1CCN(C(=O)C2CCN(Cc3ccc(-n4c(-c5cc(C(C)C)c(O)cc5O)n[nH]c4=O)cc3)CC2)CC1)C(=O)N[C@@H](CCc1ccccc1)C(=O)N[C@@H](CC(C)C)C(=O)[C@@]1(C)CO1. The third-order valence-corrected chi connectivity index (χ3v) is 16.6. The number of hydrogen-bond donors (Lipinski definition) is 7. The molecule has 3 aliphatic rings. The molecule has 19 heteroatoms. The number of carbonyl (C=O) groups excluding carboxylic acids is 6. The molecule has 8 rings (SSSR count). The van der Waals surface area contributed by atoms with Crippen LogP contribution in [0.25, 0.3) is 17.1 Å². The van der Waals surface area contributed by atoms with E-state index in [1.165, 1.54) is 10.6 Å². The van der Waals surface area contributed by atoms with E-state index in [9.17, 15) is 43.8 Å². The predicted octanol–water partition coefficient (Wildman–Crippen LogP) is 6.87. The first-order valence-corrected chi connectivity index (χ1v) is 30.0. The molecule has 450 valence electrons. The van der Waals surface area contributed by atoms with E-state index in [2.05, 4.69) is 36.4 Å². The number of phenolic OH excluding ortho intramolecular Hbond substituents is 2. The molecular weight excluding hydrogens is 1070 g/mol. The summed E-state index contributed by atoms with van der Waals surface area (Å²) in [6, 6.07) is 25.8. The number of nitrogens with one attached hydrogen (secondary N) is 5. The summed E-state index contributed by atoms with van der Waals surface area (Å²) in [5.41, 5.74) is 3.03. The summed E-state index contributed by atoms with van der Waals surface area (Å²) in [5.74, 6) is -2.57. The van der Waals surface area contributed by atoms with E-state index in [1.807, 2.05) is 131 Å². The fourth-order valence-corrected chi connectivity index (χ4v) is 11.5. The molecule has 5 aromatic rings. The first-order chi connectivity index (χ1) is 40.2. The van der Waals surface area contributed by atoms with Crippen molar-refractivity contribution in [3.8, 4) is 28.6 Å². The van der Waals surface area contributed by atoms with E-state index >= 15 is 0 Å². The van der Waals surface area contributed by atoms with Crippen LogP contribution in [0, 0.1) is 23.7 Å². The zero-order valence-corrected chi connectivity index (χ0v) is 49.7. The van der Waals surface area contributed by atoms with Crippen LogP contribution in [0.2, 0.25) is 0 Å². The second kappa shape index (κ2) is 28.3. The van der Waals surface area contributed by atoms with Gasteiger partial charge < -0.3 is 41.1 Å². The molecule has 7 N–H and O–H groups in total. The highest BCUT2D eigenvalue weighted by Gasteiger charge is 2.50. The number of ketones is 1. The molecule has 3 saturated heterocycles. The van der Waals surface area contributed by atoms with Crippen molar-refractivity contribution in [2.24, 2.45) is 23.7 Å². The van der Waals surface area contributed by atoms with Crippen LogP contribution >= 0.6 is 0 Å². The number of rotatable bonds is 26. The molecule has 84 heavy (non-hydrogen) atoms. The molecule has 19 nitrogen and oxygen atoms in total. The average molecular weight is 1150 g/mol. The number of amides is 5. The van der Waals surface area contributed by atoms with Crippen molar-refractivity contribution >= 4 is 35.3 Å². The number of likely N-dealkylation sites (tertiary alicyclic amines) is 2. The minimum absolute atomic E-state index is 0.0338. The van der Waals surface area contributed by atoms with Gasteiger partial charge in [0.25, 0.3) is 0 Å². The van der Waals surface area contributed by atoms with Gasteiger partial charge in [-0.1, -0.05) is 114 Å². The second-order valence-electron chi connectivity index (χ2n) is 24.5. The number of ether oxygens (including phenoxy) is 1. The Hall–Kier alpha value is -7.64. The fourth-order valence-electron chi connectivity index (χ4n) is 11.5. The molecule has 1 aromatic heterocycles. The van der Waals surface area contributed by atoms with Gasteiger partial charge in [0.2, 0.25) is 29.5 Å². The Bertz CT molecular complexity index is 3120. The third-order valence-electron chi connectivity index (χ3n) is 16.6. The number of aromatic amines is 1. The normalized spacial score (nSPS) is 18.2. The quantitative estimate of drug-likeness (QED) is 0.0280. The van der Waals surface area contributed by atoms with Crippen LogP contribution in [0.3, 0.4) is 0 Å². The summed E-state index contributed by atoms with van der Waals surface area (Å²) >= 11 is 0. The summed E-state index contributed by atoms with van der Waals surface area (Å²) < 4.78 is 6.86. The summed E-state index contributed by atoms with van der Waals surface area (Å²) in [6.07, 6.45) is 4.31. The molecule has 0 bridgehead atoms. The van der Waals surface area contributed by atoms with Gasteiger partial charge in [0.15, 0.2) is 11.6 Å². The number of aromatic nitrogens is 3. The minimum atomic E-state index is -1.05. The number of nitrogens with zero attached hydrogens (tertiary/aromatic N) is 4. The Morgan fingerprint density at radius 1 is 0.643 bits per heavy atom. The number of carbonyl (C=O) groups is 6. The van der Waals surface area contributed by atoms with Crippen molar-refractivity contribution in [1.29, 1.82) is 0 Å². The van der Waals surface area contributed by atoms with Crippen molar-refractivity contribution in [2.45, 2.75) is 155 Å². The molecule has 3 fully saturated rings. The lowest BCUT2D eigenvalue weighted by Crippen LogP contribution is -2.59. The molecule has 5 atom stereocenters. The Labute approximate surface area is 492 Å². The highest BCUT2D eigenvalue weighted by molar-refractivity contribution is 5.99. The van der Waals surface area contributed by atoms with Gasteiger partial charge in [-0.05, 0) is 142 Å². The summed E-state index contributed by atoms with van der Waals surface area (Å²) in [6.45, 7) is 16.6. The van der Waals surface area contributed by atoms with E-state index in [4.69, 9.17) is 4.74 Å². The number of Topliss-reactive ketones (excluding diaryl/α,β-unsaturated/α-hetero) is 1. The van der Waals surface area contributed by atoms with Crippen molar-refractivity contribution in [3.63, 3.8) is 0 Å². The maximum absolute atomic E-state index is 14.5. The zero-order chi connectivity index (χ0) is 60.2. The molecule has 5 amide bonds. The maximum Gasteiger partial charge on any atom is 0.348 e. The Kier molecular flexibility index (Phi) is 21.0. The van der Waals surface area contributed by atoms with Crippen LogP contribution in [0.5, 0.6) is 11.5 Å². The summed E-state index contributed by atoms with van der Waals surface area (Å²) in [5, 5.41) is 39.8. The van der Waals surface area contributed by atoms with Crippen molar-refractivity contribution in [3.05, 3.63) is 130 Å². The smallest absolute Gasteiger partial charge is 0.348 e. The standard InChI is InChI=1S/C65H85N9O10/c1-40(2)34-53(57(77)65(7)39-84-65)68-60(79)52(25-21-44-16-12-9-13-17-44)67-62(81)54(35-41(3)4)69-61(80)51(24-20-43-14-10-8-11-15-43)66-59(78)46-28-32-73(33-29-46)63(82)47-26-30-72(31-27-47)38-45-18-22-48(23-19-45)74-58(70-71-64(74)83)50-36-49(42(5)6)55(75)37-56(50)76/h8-19,22-23,36-37,40-42,46-47,51-54,75-76H,20-21,24-35,38-39H2,1-7H3,(H,66,78)(H,67,81)(H,68,79)(H,69,80)(H,71,83)/t51-,52-,53-,54-,65+/m0/s1. The molecule has 3 aliphatic heterocycles. The van der Waals surface area contributed by atoms with Gasteiger partial charge in [0, 0.05) is 37.5 Å². The van der Waals surface area contributed by atoms with Crippen LogP contribution in [-0.2, 0) is 52.9 Å². The molecule has 4 heterocycles. The first-order valence-electron chi connectivity index (χ1n) is 30.0. The number of aryl methyl sites for hydroxylation is 2. The lowest BCUT2D eigenvalue weighted by atomic mass is 9.91. The average Bonchev–Trinajstić information content (AvgIpc) is 3.05. The highest BCUT2D eigenvalue weighted by atomic mass is 16.6. The van der Waals surface area contributed by atoms with Crippen LogP contribution < -0.4 is 27.0 Å². The Balaban J connectivity index is 0.858. The van der Waals surface area contributed by atoms with Gasteiger partial charge in [-0.15, -0.1) is 0 Å². The fraction of sp³-hybridized carbons (Fsp3) is 0.508. The van der Waals surface area contributed by atoms with E-state index in [-0.39, 0.29) is 84.5 Å². The maximum atomic E-state index is 14.5. The second-order valence-corrected chi connectivity index (χ2v) is 24.5. The topological polar surface area (TPSA) is 261 Å². The van der Waals surface area contributed by atoms with Gasteiger partial charge in [-0.2, -0.15) is 5.10 Å². The monoisotopic (exact) mass is 1150 g/mol. The minimum Gasteiger partial charge on any atom is -0.508 e. The zero-order valence-electron chi connectivity index (χ0n) is 49.7. The van der Waals surface area contributed by atoms with Crippen molar-refractivity contribution < 1.29 is 43.7 Å². The van der Waals surface area contributed by atoms with Crippen molar-refractivity contribution in [1.82, 2.24) is 45.8 Å². The van der Waals surface area contributed by atoms with E-state index in [0.29, 0.717) is 94.5 Å². The number of aromatic hydroxyl groups is 2. The van der Waals surface area contributed by atoms with Gasteiger partial charge in [0.1, 0.15) is 35.2 Å². The lowest BCUT2D eigenvalue weighted by Gasteiger charge is -2.37. The van der Waals surface area contributed by atoms with Crippen LogP contribution in [0.4, 0.5) is 0 Å². The molecule has 0 spiro atoms. The molecule has 0 unspecified atom stereocenters. The number of phenols is 2. The van der Waals surface area contributed by atoms with E-state index in [1.54, 1.807) is 13.0 Å². The predicted molar refractivity (Wildman–Crippen MR) is 320 cm³/mol. The van der Waals surface area contributed by atoms with E-state index in [0.717, 1.165) is 16.7 Å². The van der Waals surface area contributed by atoms with E-state index < -0.39 is 59.1 Å². The lowest BCUT2D eigenvalue weighted by molar-refractivity contribution is -0.141. The number of epoxide rings is 1. The van der Waals surface area contributed by atoms with Crippen molar-refractivity contribution in [2.75, 3.05) is 32.8 Å². The Morgan fingerprint density at radius 2 is 1.15 bits per heavy atom. The van der Waals surface area contributed by atoms with Crippen LogP contribution in [0.1, 0.15) is 128 Å². The van der Waals surface area contributed by atoms with Gasteiger partial charge in [0.05, 0.1) is 23.9 Å². The molecule has 0 saturated carbocycles. The molecule has 0 radical (unpaired) electrons. The number of benzene rings is 4. The number of H-pyrrole nitrogens is 1. The summed E-state index contributed by atoms with van der Waals surface area (Å²) in [4.78, 5) is 102. The van der Waals surface area contributed by atoms with Crippen LogP contribution in [-0.4, -0.2) is 133 Å².